The maximum atomic E-state index is 8.69. The van der Waals surface area contributed by atoms with Crippen LogP contribution in [0.3, 0.4) is 0 Å². The molecule has 0 amide bonds. The molecule has 0 aromatic carbocycles. The van der Waals surface area contributed by atoms with E-state index in [1.165, 1.54) is 0 Å². The van der Waals surface area contributed by atoms with Crippen molar-refractivity contribution in [2.75, 3.05) is 18.0 Å². The van der Waals surface area contributed by atoms with Crippen LogP contribution in [0.25, 0.3) is 10.4 Å². The molecule has 1 fully saturated rings. The summed E-state index contributed by atoms with van der Waals surface area (Å²) >= 11 is 12.2. The number of anilines is 1. The lowest BCUT2D eigenvalue weighted by Gasteiger charge is -2.38. The Morgan fingerprint density at radius 1 is 1.40 bits per heavy atom. The summed E-state index contributed by atoms with van der Waals surface area (Å²) in [4.78, 5) is 4.95. The fraction of sp³-hybridized carbons (Fsp3) is 0.733. The Bertz CT molecular complexity index is 674. The van der Waals surface area contributed by atoms with Gasteiger partial charge in [0.2, 0.25) is 0 Å². The topological polar surface area (TPSA) is 87.0 Å². The highest BCUT2D eigenvalue weighted by Gasteiger charge is 2.42. The van der Waals surface area contributed by atoms with Gasteiger partial charge in [-0.3, -0.25) is 0 Å². The van der Waals surface area contributed by atoms with E-state index in [1.807, 2.05) is 0 Å². The van der Waals surface area contributed by atoms with E-state index in [-0.39, 0.29) is 27.5 Å². The Hall–Kier alpha value is -1.05. The van der Waals surface area contributed by atoms with Gasteiger partial charge in [0.15, 0.2) is 18.6 Å². The molecule has 2 atom stereocenters. The van der Waals surface area contributed by atoms with Crippen molar-refractivity contribution in [3.8, 4) is 0 Å². The first-order valence-corrected chi connectivity index (χ1v) is 11.9. The average Bonchev–Trinajstić information content (AvgIpc) is 2.88. The molecule has 1 aromatic heterocycles. The highest BCUT2D eigenvalue weighted by atomic mass is 35.5. The minimum absolute atomic E-state index is 0.0107. The summed E-state index contributed by atoms with van der Waals surface area (Å²) < 4.78 is 6.55. The Kier molecular flexibility index (Phi) is 6.22. The van der Waals surface area contributed by atoms with Crippen LogP contribution in [-0.4, -0.2) is 43.8 Å². The first kappa shape index (κ1) is 20.3. The van der Waals surface area contributed by atoms with Crippen LogP contribution >= 0.6 is 23.2 Å². The molecule has 25 heavy (non-hydrogen) atoms. The van der Waals surface area contributed by atoms with Crippen molar-refractivity contribution in [3.63, 3.8) is 0 Å². The average molecular weight is 403 g/mol. The van der Waals surface area contributed by atoms with Gasteiger partial charge in [-0.1, -0.05) is 49.1 Å². The highest BCUT2D eigenvalue weighted by molar-refractivity contribution is 6.74. The van der Waals surface area contributed by atoms with Gasteiger partial charge in [-0.15, -0.1) is 10.2 Å². The maximum absolute atomic E-state index is 8.69. The molecule has 7 nitrogen and oxygen atoms in total. The van der Waals surface area contributed by atoms with Gasteiger partial charge in [0, 0.05) is 30.1 Å². The number of halogens is 2. The van der Waals surface area contributed by atoms with Crippen LogP contribution in [0.4, 0.5) is 5.69 Å². The molecular weight excluding hydrogens is 379 g/mol. The molecule has 1 saturated heterocycles. The normalized spacial score (nSPS) is 21.3. The molecule has 0 aliphatic carbocycles. The summed E-state index contributed by atoms with van der Waals surface area (Å²) in [6, 6.07) is 1.68. The second kappa shape index (κ2) is 7.68. The fourth-order valence-corrected chi connectivity index (χ4v) is 4.40. The largest absolute Gasteiger partial charge is 0.412 e. The van der Waals surface area contributed by atoms with Crippen molar-refractivity contribution >= 4 is 37.2 Å². The first-order valence-electron chi connectivity index (χ1n) is 8.19. The third-order valence-electron chi connectivity index (χ3n) is 5.01. The Labute approximate surface area is 159 Å². The molecule has 0 saturated carbocycles. The summed E-state index contributed by atoms with van der Waals surface area (Å²) in [5, 5.41) is 12.1. The standard InChI is InChI=1S/C15H24Cl2N6OSi/c1-15(2,3)25(4,5)24-11-6-10(8-19-22-18)23(9-11)12-7-13(16)20-21-14(12)17/h7,10-11H,6,8-9H2,1-5H3/t10-,11+/m1/s1. The minimum atomic E-state index is -1.90. The second-order valence-electron chi connectivity index (χ2n) is 7.80. The van der Waals surface area contributed by atoms with E-state index < -0.39 is 8.32 Å². The van der Waals surface area contributed by atoms with Gasteiger partial charge in [-0.05, 0) is 30.1 Å². The molecule has 1 aliphatic heterocycles. The molecule has 0 bridgehead atoms. The van der Waals surface area contributed by atoms with Crippen molar-refractivity contribution in [1.29, 1.82) is 0 Å². The lowest BCUT2D eigenvalue weighted by molar-refractivity contribution is 0.198. The molecule has 0 N–H and O–H groups in total. The SMILES string of the molecule is CC(C)(C)[Si](C)(C)O[C@H]1C[C@H](CN=[N+]=[N-])N(c2cc(Cl)nnc2Cl)C1. The van der Waals surface area contributed by atoms with Crippen molar-refractivity contribution < 1.29 is 4.43 Å². The Morgan fingerprint density at radius 2 is 2.08 bits per heavy atom. The van der Waals surface area contributed by atoms with Crippen LogP contribution in [0.1, 0.15) is 27.2 Å². The number of aromatic nitrogens is 2. The molecular formula is C15H24Cl2N6OSi. The molecule has 2 rings (SSSR count). The summed E-state index contributed by atoms with van der Waals surface area (Å²) in [5.74, 6) is 0. The number of hydrogen-bond acceptors (Lipinski definition) is 5. The van der Waals surface area contributed by atoms with Crippen LogP contribution in [0, 0.1) is 0 Å². The van der Waals surface area contributed by atoms with Crippen molar-refractivity contribution in [1.82, 2.24) is 10.2 Å². The van der Waals surface area contributed by atoms with E-state index in [4.69, 9.17) is 33.2 Å². The van der Waals surface area contributed by atoms with Crippen LogP contribution in [0.15, 0.2) is 11.2 Å². The number of hydrogen-bond donors (Lipinski definition) is 0. The molecule has 1 aromatic rings. The molecule has 0 unspecified atom stereocenters. The number of rotatable bonds is 5. The zero-order valence-corrected chi connectivity index (χ0v) is 17.7. The van der Waals surface area contributed by atoms with Gasteiger partial charge in [0.05, 0.1) is 11.8 Å². The lowest BCUT2D eigenvalue weighted by atomic mass is 10.2. The van der Waals surface area contributed by atoms with E-state index in [0.29, 0.717) is 18.8 Å². The van der Waals surface area contributed by atoms with Gasteiger partial charge in [0.1, 0.15) is 0 Å². The predicted molar refractivity (Wildman–Crippen MR) is 104 cm³/mol. The zero-order valence-electron chi connectivity index (χ0n) is 15.2. The number of azide groups is 1. The van der Waals surface area contributed by atoms with E-state index in [9.17, 15) is 0 Å². The van der Waals surface area contributed by atoms with Gasteiger partial charge in [-0.2, -0.15) is 0 Å². The van der Waals surface area contributed by atoms with E-state index in [1.54, 1.807) is 6.07 Å². The van der Waals surface area contributed by atoms with E-state index in [2.05, 4.69) is 59.0 Å². The summed E-state index contributed by atoms with van der Waals surface area (Å²) in [6.45, 7) is 12.1. The summed E-state index contributed by atoms with van der Waals surface area (Å²) in [6.07, 6.45) is 0.810. The monoisotopic (exact) mass is 402 g/mol. The van der Waals surface area contributed by atoms with Crippen molar-refractivity contribution in [3.05, 3.63) is 26.8 Å². The maximum Gasteiger partial charge on any atom is 0.192 e. The molecule has 0 radical (unpaired) electrons. The van der Waals surface area contributed by atoms with E-state index in [0.717, 1.165) is 6.42 Å². The Balaban J connectivity index is 2.26. The third kappa shape index (κ3) is 4.77. The fourth-order valence-electron chi connectivity index (χ4n) is 2.70. The van der Waals surface area contributed by atoms with Crippen molar-refractivity contribution in [2.45, 2.75) is 57.5 Å². The van der Waals surface area contributed by atoms with Crippen molar-refractivity contribution in [2.24, 2.45) is 5.11 Å². The van der Waals surface area contributed by atoms with E-state index >= 15 is 0 Å². The van der Waals surface area contributed by atoms with Gasteiger partial charge in [-0.25, -0.2) is 0 Å². The molecule has 2 heterocycles. The van der Waals surface area contributed by atoms with Crippen LogP contribution in [-0.2, 0) is 4.43 Å². The van der Waals surface area contributed by atoms with Crippen LogP contribution < -0.4 is 4.90 Å². The minimum Gasteiger partial charge on any atom is -0.412 e. The quantitative estimate of drug-likeness (QED) is 0.297. The summed E-state index contributed by atoms with van der Waals surface area (Å²) in [7, 11) is -1.90. The molecule has 1 aliphatic rings. The summed E-state index contributed by atoms with van der Waals surface area (Å²) in [5.41, 5.74) is 9.38. The molecule has 138 valence electrons. The van der Waals surface area contributed by atoms with Gasteiger partial charge >= 0.3 is 0 Å². The first-order chi connectivity index (χ1) is 11.5. The highest BCUT2D eigenvalue weighted by Crippen LogP contribution is 2.40. The lowest BCUT2D eigenvalue weighted by Crippen LogP contribution is -2.44. The Morgan fingerprint density at radius 3 is 2.68 bits per heavy atom. The second-order valence-corrected chi connectivity index (χ2v) is 13.3. The molecule has 10 heteroatoms. The molecule has 0 spiro atoms. The zero-order chi connectivity index (χ0) is 18.8. The smallest absolute Gasteiger partial charge is 0.192 e. The predicted octanol–water partition coefficient (Wildman–Crippen LogP) is 5.06. The van der Waals surface area contributed by atoms with Gasteiger partial charge in [0.25, 0.3) is 0 Å². The van der Waals surface area contributed by atoms with Gasteiger partial charge < -0.3 is 9.33 Å². The van der Waals surface area contributed by atoms with Crippen LogP contribution in [0.2, 0.25) is 28.4 Å². The van der Waals surface area contributed by atoms with Crippen LogP contribution in [0.5, 0.6) is 0 Å². The third-order valence-corrected chi connectivity index (χ3v) is 10.00. The number of nitrogens with zero attached hydrogens (tertiary/aromatic N) is 6.